The Kier molecular flexibility index (Phi) is 3.94. The molecular formula is C16H14N2O2S. The predicted octanol–water partition coefficient (Wildman–Crippen LogP) is 3.68. The van der Waals surface area contributed by atoms with Crippen molar-refractivity contribution in [2.24, 2.45) is 0 Å². The summed E-state index contributed by atoms with van der Waals surface area (Å²) in [5, 5.41) is 0.957. The minimum Gasteiger partial charge on any atom is -0.451 e. The molecule has 0 atom stereocenters. The normalized spacial score (nSPS) is 10.7. The fourth-order valence-corrected chi connectivity index (χ4v) is 2.55. The molecule has 0 spiro atoms. The zero-order chi connectivity index (χ0) is 14.7. The van der Waals surface area contributed by atoms with E-state index in [1.54, 1.807) is 6.07 Å². The van der Waals surface area contributed by atoms with Gasteiger partial charge in [-0.25, -0.2) is 0 Å². The second-order valence-corrected chi connectivity index (χ2v) is 5.45. The average Bonchev–Trinajstić information content (AvgIpc) is 2.94. The van der Waals surface area contributed by atoms with Gasteiger partial charge in [0.25, 0.3) is 0 Å². The number of fused-ring (bicyclic) bond motifs is 1. The van der Waals surface area contributed by atoms with Gasteiger partial charge in [-0.05, 0) is 48.7 Å². The molecule has 4 nitrogen and oxygen atoms in total. The molecule has 1 aromatic heterocycles. The zero-order valence-electron chi connectivity index (χ0n) is 11.4. The first-order valence-electron chi connectivity index (χ1n) is 6.50. The standard InChI is InChI=1S/C16H14N2O2S/c1-11-6-5-9-14-13(11)10-15(20-14)16(19)17-18-21-12-7-3-2-4-8-12/h2-10,18H,1H3,(H,17,19). The highest BCUT2D eigenvalue weighted by Crippen LogP contribution is 2.22. The van der Waals surface area contributed by atoms with Crippen LogP contribution in [0.2, 0.25) is 0 Å². The van der Waals surface area contributed by atoms with Gasteiger partial charge >= 0.3 is 5.91 Å². The Bertz CT molecular complexity index is 768. The molecule has 106 valence electrons. The van der Waals surface area contributed by atoms with E-state index in [2.05, 4.69) is 10.3 Å². The number of furan rings is 1. The largest absolute Gasteiger partial charge is 0.451 e. The molecule has 21 heavy (non-hydrogen) atoms. The molecule has 0 aliphatic carbocycles. The maximum absolute atomic E-state index is 12.0. The lowest BCUT2D eigenvalue weighted by atomic mass is 10.1. The first-order valence-corrected chi connectivity index (χ1v) is 7.32. The number of amides is 1. The summed E-state index contributed by atoms with van der Waals surface area (Å²) < 4.78 is 5.55. The Morgan fingerprint density at radius 1 is 1.10 bits per heavy atom. The van der Waals surface area contributed by atoms with E-state index in [4.69, 9.17) is 4.42 Å². The van der Waals surface area contributed by atoms with Gasteiger partial charge in [0.15, 0.2) is 5.76 Å². The third kappa shape index (κ3) is 3.09. The number of carbonyl (C=O) groups is 1. The summed E-state index contributed by atoms with van der Waals surface area (Å²) in [7, 11) is 0. The number of aryl methyl sites for hydroxylation is 1. The van der Waals surface area contributed by atoms with Gasteiger partial charge in [-0.1, -0.05) is 30.3 Å². The van der Waals surface area contributed by atoms with Gasteiger partial charge in [0.05, 0.1) is 0 Å². The van der Waals surface area contributed by atoms with E-state index in [0.717, 1.165) is 21.4 Å². The van der Waals surface area contributed by atoms with Crippen molar-refractivity contribution in [3.05, 3.63) is 65.9 Å². The van der Waals surface area contributed by atoms with E-state index >= 15 is 0 Å². The Balaban J connectivity index is 1.65. The van der Waals surface area contributed by atoms with Crippen molar-refractivity contribution in [2.45, 2.75) is 11.8 Å². The lowest BCUT2D eigenvalue weighted by Crippen LogP contribution is -2.32. The molecule has 0 radical (unpaired) electrons. The molecule has 2 N–H and O–H groups in total. The quantitative estimate of drug-likeness (QED) is 0.570. The molecule has 3 aromatic rings. The summed E-state index contributed by atoms with van der Waals surface area (Å²) in [6.45, 7) is 1.99. The number of hydrogen-bond donors (Lipinski definition) is 2. The number of rotatable bonds is 4. The van der Waals surface area contributed by atoms with Gasteiger partial charge in [0, 0.05) is 10.3 Å². The topological polar surface area (TPSA) is 54.3 Å². The highest BCUT2D eigenvalue weighted by Gasteiger charge is 2.12. The van der Waals surface area contributed by atoms with Crippen LogP contribution in [0.4, 0.5) is 0 Å². The Labute approximate surface area is 126 Å². The van der Waals surface area contributed by atoms with Crippen LogP contribution in [0.3, 0.4) is 0 Å². The fourth-order valence-electron chi connectivity index (χ4n) is 2.00. The molecule has 2 aromatic carbocycles. The molecule has 0 aliphatic heterocycles. The highest BCUT2D eigenvalue weighted by molar-refractivity contribution is 7.97. The fraction of sp³-hybridized carbons (Fsp3) is 0.0625. The molecular weight excluding hydrogens is 284 g/mol. The van der Waals surface area contributed by atoms with Crippen LogP contribution in [0.15, 0.2) is 63.9 Å². The second kappa shape index (κ2) is 6.03. The van der Waals surface area contributed by atoms with Crippen molar-refractivity contribution in [1.29, 1.82) is 0 Å². The number of benzene rings is 2. The minimum absolute atomic E-state index is 0.292. The van der Waals surface area contributed by atoms with Crippen LogP contribution in [0.5, 0.6) is 0 Å². The number of carbonyl (C=O) groups excluding carboxylic acids is 1. The molecule has 5 heteroatoms. The minimum atomic E-state index is -0.297. The molecule has 0 aliphatic rings. The number of hydrazine groups is 1. The van der Waals surface area contributed by atoms with Gasteiger partial charge in [-0.3, -0.25) is 10.2 Å². The van der Waals surface area contributed by atoms with Gasteiger partial charge in [-0.2, -0.15) is 4.83 Å². The zero-order valence-corrected chi connectivity index (χ0v) is 12.2. The van der Waals surface area contributed by atoms with Crippen molar-refractivity contribution in [3.8, 4) is 0 Å². The first-order chi connectivity index (χ1) is 10.2. The molecule has 0 saturated carbocycles. The number of nitrogens with one attached hydrogen (secondary N) is 2. The molecule has 1 amide bonds. The molecule has 0 bridgehead atoms. The summed E-state index contributed by atoms with van der Waals surface area (Å²) in [6, 6.07) is 17.2. The molecule has 0 unspecified atom stereocenters. The monoisotopic (exact) mass is 298 g/mol. The van der Waals surface area contributed by atoms with Gasteiger partial charge in [0.1, 0.15) is 5.58 Å². The van der Waals surface area contributed by atoms with E-state index < -0.39 is 0 Å². The van der Waals surface area contributed by atoms with Gasteiger partial charge in [0.2, 0.25) is 0 Å². The summed E-state index contributed by atoms with van der Waals surface area (Å²) in [6.07, 6.45) is 0. The lowest BCUT2D eigenvalue weighted by Gasteiger charge is -2.04. The predicted molar refractivity (Wildman–Crippen MR) is 83.9 cm³/mol. The summed E-state index contributed by atoms with van der Waals surface area (Å²) >= 11 is 1.33. The smallest absolute Gasteiger partial charge is 0.301 e. The number of hydrogen-bond acceptors (Lipinski definition) is 4. The van der Waals surface area contributed by atoms with Crippen LogP contribution in [0.1, 0.15) is 16.1 Å². The van der Waals surface area contributed by atoms with E-state index in [-0.39, 0.29) is 5.91 Å². The summed E-state index contributed by atoms with van der Waals surface area (Å²) in [4.78, 5) is 15.9. The third-order valence-corrected chi connectivity index (χ3v) is 3.79. The maximum atomic E-state index is 12.0. The molecule has 1 heterocycles. The third-order valence-electron chi connectivity index (χ3n) is 3.08. The van der Waals surface area contributed by atoms with Crippen LogP contribution >= 0.6 is 11.9 Å². The van der Waals surface area contributed by atoms with Crippen molar-refractivity contribution >= 4 is 28.8 Å². The highest BCUT2D eigenvalue weighted by atomic mass is 32.2. The van der Waals surface area contributed by atoms with Crippen molar-refractivity contribution in [3.63, 3.8) is 0 Å². The molecule has 3 rings (SSSR count). The van der Waals surface area contributed by atoms with Crippen LogP contribution in [0.25, 0.3) is 11.0 Å². The average molecular weight is 298 g/mol. The first kappa shape index (κ1) is 13.7. The van der Waals surface area contributed by atoms with Crippen LogP contribution in [-0.2, 0) is 0 Å². The van der Waals surface area contributed by atoms with E-state index in [9.17, 15) is 4.79 Å². The van der Waals surface area contributed by atoms with Crippen LogP contribution in [-0.4, -0.2) is 5.91 Å². The second-order valence-electron chi connectivity index (χ2n) is 4.57. The van der Waals surface area contributed by atoms with Crippen molar-refractivity contribution in [2.75, 3.05) is 0 Å². The Morgan fingerprint density at radius 2 is 1.90 bits per heavy atom. The Hall–Kier alpha value is -2.24. The lowest BCUT2D eigenvalue weighted by molar-refractivity contribution is 0.0921. The van der Waals surface area contributed by atoms with Gasteiger partial charge < -0.3 is 4.42 Å². The molecule has 0 saturated heterocycles. The summed E-state index contributed by atoms with van der Waals surface area (Å²) in [5.74, 6) is -0.00510. The van der Waals surface area contributed by atoms with Crippen molar-refractivity contribution < 1.29 is 9.21 Å². The molecule has 0 fully saturated rings. The van der Waals surface area contributed by atoms with Crippen LogP contribution in [0, 0.1) is 6.92 Å². The summed E-state index contributed by atoms with van der Waals surface area (Å²) in [5.41, 5.74) is 4.41. The van der Waals surface area contributed by atoms with E-state index in [1.807, 2.05) is 55.5 Å². The van der Waals surface area contributed by atoms with E-state index in [1.165, 1.54) is 11.9 Å². The van der Waals surface area contributed by atoms with Crippen LogP contribution < -0.4 is 10.3 Å². The SMILES string of the molecule is Cc1cccc2oc(C(=O)NNSc3ccccc3)cc12. The van der Waals surface area contributed by atoms with Gasteiger partial charge in [-0.15, -0.1) is 0 Å². The van der Waals surface area contributed by atoms with E-state index in [0.29, 0.717) is 5.76 Å². The maximum Gasteiger partial charge on any atom is 0.301 e. The van der Waals surface area contributed by atoms with Crippen molar-refractivity contribution in [1.82, 2.24) is 10.3 Å². The Morgan fingerprint density at radius 3 is 2.67 bits per heavy atom.